The zero-order valence-corrected chi connectivity index (χ0v) is 9.56. The van der Waals surface area contributed by atoms with Gasteiger partial charge in [-0.25, -0.2) is 4.98 Å². The van der Waals surface area contributed by atoms with E-state index >= 15 is 0 Å². The lowest BCUT2D eigenvalue weighted by atomic mass is 10.0. The van der Waals surface area contributed by atoms with E-state index in [1.165, 1.54) is 17.7 Å². The molecule has 0 radical (unpaired) electrons. The zero-order chi connectivity index (χ0) is 10.8. The highest BCUT2D eigenvalue weighted by Gasteiger charge is 2.17. The molecule has 2 rings (SSSR count). The van der Waals surface area contributed by atoms with Crippen molar-refractivity contribution in [3.05, 3.63) is 10.6 Å². The SMILES string of the molecule is C[C@H](N)C(=O)Nc1nc2c(s1)CCCC2. The quantitative estimate of drug-likeness (QED) is 0.797. The topological polar surface area (TPSA) is 68.0 Å². The van der Waals surface area contributed by atoms with Crippen LogP contribution in [-0.4, -0.2) is 16.9 Å². The first-order valence-electron chi connectivity index (χ1n) is 5.22. The number of nitrogens with zero attached hydrogens (tertiary/aromatic N) is 1. The van der Waals surface area contributed by atoms with Gasteiger partial charge in [0, 0.05) is 4.88 Å². The Bertz CT molecular complexity index is 349. The van der Waals surface area contributed by atoms with Crippen LogP contribution in [0.2, 0.25) is 0 Å². The van der Waals surface area contributed by atoms with Crippen molar-refractivity contribution in [2.75, 3.05) is 5.32 Å². The van der Waals surface area contributed by atoms with Crippen LogP contribution in [0.5, 0.6) is 0 Å². The van der Waals surface area contributed by atoms with Gasteiger partial charge < -0.3 is 11.1 Å². The summed E-state index contributed by atoms with van der Waals surface area (Å²) in [5.41, 5.74) is 6.63. The first kappa shape index (κ1) is 10.6. The number of nitrogens with one attached hydrogen (secondary N) is 1. The van der Waals surface area contributed by atoms with Gasteiger partial charge in [-0.1, -0.05) is 0 Å². The lowest BCUT2D eigenvalue weighted by molar-refractivity contribution is -0.117. The number of fused-ring (bicyclic) bond motifs is 1. The summed E-state index contributed by atoms with van der Waals surface area (Å²) in [6, 6.07) is -0.481. The highest BCUT2D eigenvalue weighted by molar-refractivity contribution is 7.15. The third-order valence-corrected chi connectivity index (χ3v) is 3.56. The molecule has 4 nitrogen and oxygen atoms in total. The van der Waals surface area contributed by atoms with Crippen LogP contribution in [0, 0.1) is 0 Å². The number of aryl methyl sites for hydroxylation is 2. The first-order valence-corrected chi connectivity index (χ1v) is 6.03. The third-order valence-electron chi connectivity index (χ3n) is 2.49. The summed E-state index contributed by atoms with van der Waals surface area (Å²) in [5.74, 6) is -0.166. The van der Waals surface area contributed by atoms with Crippen molar-refractivity contribution in [2.24, 2.45) is 5.73 Å². The Morgan fingerprint density at radius 3 is 2.93 bits per heavy atom. The molecule has 3 N–H and O–H groups in total. The van der Waals surface area contributed by atoms with Gasteiger partial charge in [-0.05, 0) is 32.6 Å². The smallest absolute Gasteiger partial charge is 0.242 e. The fourth-order valence-electron chi connectivity index (χ4n) is 1.62. The minimum Gasteiger partial charge on any atom is -0.320 e. The molecule has 1 heterocycles. The molecular formula is C10H15N3OS. The predicted octanol–water partition coefficient (Wildman–Crippen LogP) is 1.31. The van der Waals surface area contributed by atoms with Crippen LogP contribution < -0.4 is 11.1 Å². The Kier molecular flexibility index (Phi) is 3.02. The molecule has 0 bridgehead atoms. The van der Waals surface area contributed by atoms with Gasteiger partial charge in [0.15, 0.2) is 5.13 Å². The second-order valence-electron chi connectivity index (χ2n) is 3.87. The van der Waals surface area contributed by atoms with Gasteiger partial charge in [0.25, 0.3) is 0 Å². The molecule has 0 fully saturated rings. The number of carbonyl (C=O) groups excluding carboxylic acids is 1. The molecule has 1 aromatic heterocycles. The summed E-state index contributed by atoms with van der Waals surface area (Å²) >= 11 is 1.58. The van der Waals surface area contributed by atoms with Gasteiger partial charge >= 0.3 is 0 Å². The molecule has 82 valence electrons. The molecule has 0 aromatic carbocycles. The number of hydrogen-bond acceptors (Lipinski definition) is 4. The summed E-state index contributed by atoms with van der Waals surface area (Å²) < 4.78 is 0. The lowest BCUT2D eigenvalue weighted by Crippen LogP contribution is -2.32. The van der Waals surface area contributed by atoms with E-state index in [2.05, 4.69) is 10.3 Å². The van der Waals surface area contributed by atoms with Gasteiger partial charge in [0.05, 0.1) is 11.7 Å². The summed E-state index contributed by atoms with van der Waals surface area (Å²) in [5, 5.41) is 3.44. The lowest BCUT2D eigenvalue weighted by Gasteiger charge is -2.06. The molecule has 0 aliphatic heterocycles. The predicted molar refractivity (Wildman–Crippen MR) is 61.0 cm³/mol. The summed E-state index contributed by atoms with van der Waals surface area (Å²) in [4.78, 5) is 17.1. The second kappa shape index (κ2) is 4.28. The van der Waals surface area contributed by atoms with E-state index in [1.54, 1.807) is 18.3 Å². The van der Waals surface area contributed by atoms with Crippen LogP contribution >= 0.6 is 11.3 Å². The molecule has 0 spiro atoms. The molecule has 5 heteroatoms. The monoisotopic (exact) mass is 225 g/mol. The molecular weight excluding hydrogens is 210 g/mol. The highest BCUT2D eigenvalue weighted by Crippen LogP contribution is 2.29. The standard InChI is InChI=1S/C10H15N3OS/c1-6(11)9(14)13-10-12-7-4-2-3-5-8(7)15-10/h6H,2-5,11H2,1H3,(H,12,13,14)/t6-/m0/s1. The Morgan fingerprint density at radius 2 is 2.27 bits per heavy atom. The van der Waals surface area contributed by atoms with Gasteiger partial charge in [0.2, 0.25) is 5.91 Å². The van der Waals surface area contributed by atoms with Crippen molar-refractivity contribution in [1.29, 1.82) is 0 Å². The van der Waals surface area contributed by atoms with Gasteiger partial charge in [-0.15, -0.1) is 11.3 Å². The van der Waals surface area contributed by atoms with E-state index in [1.807, 2.05) is 0 Å². The largest absolute Gasteiger partial charge is 0.320 e. The maximum Gasteiger partial charge on any atom is 0.242 e. The van der Waals surface area contributed by atoms with Crippen molar-refractivity contribution in [1.82, 2.24) is 4.98 Å². The number of amides is 1. The Hall–Kier alpha value is -0.940. The van der Waals surface area contributed by atoms with Crippen molar-refractivity contribution in [2.45, 2.75) is 38.6 Å². The van der Waals surface area contributed by atoms with Crippen LogP contribution in [0.1, 0.15) is 30.3 Å². The number of carbonyl (C=O) groups is 1. The Balaban J connectivity index is 2.09. The van der Waals surface area contributed by atoms with Crippen molar-refractivity contribution < 1.29 is 4.79 Å². The van der Waals surface area contributed by atoms with Crippen LogP contribution in [0.25, 0.3) is 0 Å². The fraction of sp³-hybridized carbons (Fsp3) is 0.600. The van der Waals surface area contributed by atoms with Gasteiger partial charge in [-0.2, -0.15) is 0 Å². The maximum atomic E-state index is 11.4. The normalized spacial score (nSPS) is 16.9. The van der Waals surface area contributed by atoms with Crippen LogP contribution in [0.15, 0.2) is 0 Å². The van der Waals surface area contributed by atoms with Crippen molar-refractivity contribution in [3.63, 3.8) is 0 Å². The number of thiazole rings is 1. The molecule has 15 heavy (non-hydrogen) atoms. The van der Waals surface area contributed by atoms with E-state index < -0.39 is 6.04 Å². The van der Waals surface area contributed by atoms with E-state index in [9.17, 15) is 4.79 Å². The number of hydrogen-bond donors (Lipinski definition) is 2. The van der Waals surface area contributed by atoms with E-state index in [-0.39, 0.29) is 5.91 Å². The second-order valence-corrected chi connectivity index (χ2v) is 4.96. The van der Waals surface area contributed by atoms with E-state index in [0.717, 1.165) is 18.5 Å². The van der Waals surface area contributed by atoms with Crippen LogP contribution in [0.3, 0.4) is 0 Å². The number of nitrogens with two attached hydrogens (primary N) is 1. The van der Waals surface area contributed by atoms with E-state index in [4.69, 9.17) is 5.73 Å². The molecule has 1 amide bonds. The molecule has 0 saturated heterocycles. The molecule has 1 aromatic rings. The Morgan fingerprint density at radius 1 is 1.53 bits per heavy atom. The van der Waals surface area contributed by atoms with Crippen LogP contribution in [-0.2, 0) is 17.6 Å². The number of aromatic nitrogens is 1. The zero-order valence-electron chi connectivity index (χ0n) is 8.75. The van der Waals surface area contributed by atoms with E-state index in [0.29, 0.717) is 5.13 Å². The summed E-state index contributed by atoms with van der Waals surface area (Å²) in [6.07, 6.45) is 4.58. The fourth-order valence-corrected chi connectivity index (χ4v) is 2.68. The average molecular weight is 225 g/mol. The molecule has 0 saturated carbocycles. The van der Waals surface area contributed by atoms with Crippen LogP contribution in [0.4, 0.5) is 5.13 Å². The third kappa shape index (κ3) is 2.35. The maximum absolute atomic E-state index is 11.4. The van der Waals surface area contributed by atoms with Crippen molar-refractivity contribution in [3.8, 4) is 0 Å². The number of anilines is 1. The Labute approximate surface area is 92.9 Å². The summed E-state index contributed by atoms with van der Waals surface area (Å²) in [6.45, 7) is 1.67. The average Bonchev–Trinajstić information content (AvgIpc) is 2.59. The van der Waals surface area contributed by atoms with Crippen molar-refractivity contribution >= 4 is 22.4 Å². The minimum atomic E-state index is -0.481. The highest BCUT2D eigenvalue weighted by atomic mass is 32.1. The molecule has 1 aliphatic rings. The van der Waals surface area contributed by atoms with Gasteiger partial charge in [0.1, 0.15) is 0 Å². The summed E-state index contributed by atoms with van der Waals surface area (Å²) in [7, 11) is 0. The molecule has 1 atom stereocenters. The minimum absolute atomic E-state index is 0.166. The molecule has 0 unspecified atom stereocenters. The van der Waals surface area contributed by atoms with Gasteiger partial charge in [-0.3, -0.25) is 4.79 Å². The first-order chi connectivity index (χ1) is 7.16. The molecule has 1 aliphatic carbocycles. The number of rotatable bonds is 2.